The number of rotatable bonds is 37. The minimum absolute atomic E-state index is 0.0204. The van der Waals surface area contributed by atoms with E-state index in [1.54, 1.807) is 41.5 Å². The number of amides is 14. The van der Waals surface area contributed by atoms with Crippen LogP contribution in [-0.4, -0.2) is 233 Å². The van der Waals surface area contributed by atoms with Crippen molar-refractivity contribution in [3.8, 4) is 0 Å². The Balaban J connectivity index is 1.74. The van der Waals surface area contributed by atoms with Crippen LogP contribution in [0.5, 0.6) is 0 Å². The minimum Gasteiger partial charge on any atom is -0.481 e. The Labute approximate surface area is 598 Å². The number of carboxylic acid groups (broad SMARTS) is 2. The van der Waals surface area contributed by atoms with Gasteiger partial charge in [0.1, 0.15) is 82.6 Å². The number of aliphatic hydroxyl groups is 1. The Morgan fingerprint density at radius 3 is 1.06 bits per heavy atom. The molecule has 3 saturated heterocycles. The van der Waals surface area contributed by atoms with Gasteiger partial charge in [-0.3, -0.25) is 71.9 Å². The molecule has 0 spiro atoms. The van der Waals surface area contributed by atoms with Gasteiger partial charge >= 0.3 is 11.9 Å². The molecule has 3 aliphatic rings. The SMILES string of the molecule is CC(=O)NC(C)(C)C(=O)NC(CCC(=O)O)C(=O)NC(CC(C)C)C(=O)NC(C)(C)C(=O)N1CCCC1C(=O)NC(CO)C(=O)NC(C(=O)NC(C)(C)C(=O)N1CCCC1C(=O)NC(CC(C)C)C(=O)NC(CC(C)C)C(=O)NC(C)(C)C(=O)N1CCCC1C(=O)NC(C(=O)O)C(C)C)C(C)C. The number of nitrogens with zero attached hydrogens (tertiary/aromatic N) is 3. The van der Waals surface area contributed by atoms with Crippen LogP contribution in [0.25, 0.3) is 0 Å². The van der Waals surface area contributed by atoms with Crippen LogP contribution in [0, 0.1) is 29.6 Å². The van der Waals surface area contributed by atoms with Crippen LogP contribution in [0.1, 0.15) is 202 Å². The Hall–Kier alpha value is -8.52. The molecule has 0 radical (unpaired) electrons. The summed E-state index contributed by atoms with van der Waals surface area (Å²) < 4.78 is 0. The van der Waals surface area contributed by atoms with Crippen molar-refractivity contribution in [1.29, 1.82) is 0 Å². The molecule has 3 fully saturated rings. The van der Waals surface area contributed by atoms with E-state index in [0.717, 1.165) is 0 Å². The van der Waals surface area contributed by atoms with Gasteiger partial charge in [0.25, 0.3) is 0 Å². The normalized spacial score (nSPS) is 18.6. The first-order valence-electron chi connectivity index (χ1n) is 35.4. The van der Waals surface area contributed by atoms with Crippen molar-refractivity contribution in [2.24, 2.45) is 29.6 Å². The number of aliphatic carboxylic acids is 2. The highest BCUT2D eigenvalue weighted by molar-refractivity contribution is 6.02. The third-order valence-corrected chi connectivity index (χ3v) is 18.0. The maximum atomic E-state index is 14.5. The summed E-state index contributed by atoms with van der Waals surface area (Å²) in [6, 6.07) is -12.8. The highest BCUT2D eigenvalue weighted by atomic mass is 16.4. The van der Waals surface area contributed by atoms with Gasteiger partial charge in [-0.25, -0.2) is 4.79 Å². The van der Waals surface area contributed by atoms with Gasteiger partial charge in [-0.15, -0.1) is 0 Å². The number of carboxylic acids is 2. The molecule has 33 heteroatoms. The molecule has 14 amide bonds. The fraction of sp³-hybridized carbons (Fsp3) is 0.768. The van der Waals surface area contributed by atoms with E-state index in [9.17, 15) is 92.0 Å². The first-order valence-corrected chi connectivity index (χ1v) is 35.4. The molecule has 0 aliphatic carbocycles. The maximum Gasteiger partial charge on any atom is 0.326 e. The van der Waals surface area contributed by atoms with Crippen LogP contribution in [0.3, 0.4) is 0 Å². The largest absolute Gasteiger partial charge is 0.481 e. The molecule has 0 aromatic carbocycles. The second-order valence-electron chi connectivity index (χ2n) is 31.2. The summed E-state index contributed by atoms with van der Waals surface area (Å²) >= 11 is 0. The zero-order valence-corrected chi connectivity index (χ0v) is 63.0. The lowest BCUT2D eigenvalue weighted by Gasteiger charge is -2.36. The van der Waals surface area contributed by atoms with E-state index in [2.05, 4.69) is 58.5 Å². The molecule has 0 saturated carbocycles. The molecule has 0 bridgehead atoms. The van der Waals surface area contributed by atoms with E-state index in [-0.39, 0.29) is 82.3 Å². The average Bonchev–Trinajstić information content (AvgIpc) is 1.56. The summed E-state index contributed by atoms with van der Waals surface area (Å²) in [6.45, 7) is 29.0. The van der Waals surface area contributed by atoms with Crippen molar-refractivity contribution >= 4 is 94.6 Å². The van der Waals surface area contributed by atoms with Crippen LogP contribution in [0.4, 0.5) is 0 Å². The summed E-state index contributed by atoms with van der Waals surface area (Å²) in [5.41, 5.74) is -6.61. The van der Waals surface area contributed by atoms with Gasteiger partial charge in [0.2, 0.25) is 82.7 Å². The molecular formula is C69H116N14O19. The second-order valence-corrected chi connectivity index (χ2v) is 31.2. The number of aliphatic hydroxyl groups excluding tert-OH is 1. The van der Waals surface area contributed by atoms with Crippen molar-refractivity contribution in [3.63, 3.8) is 0 Å². The number of carbonyl (C=O) groups excluding carboxylic acids is 14. The van der Waals surface area contributed by atoms with E-state index in [1.807, 2.05) is 27.7 Å². The minimum atomic E-state index is -1.75. The monoisotopic (exact) mass is 1440 g/mol. The predicted molar refractivity (Wildman–Crippen MR) is 372 cm³/mol. The fourth-order valence-corrected chi connectivity index (χ4v) is 12.6. The molecule has 3 aliphatic heterocycles. The highest BCUT2D eigenvalue weighted by Gasteiger charge is 2.48. The zero-order valence-electron chi connectivity index (χ0n) is 63.0. The molecule has 10 atom stereocenters. The fourth-order valence-electron chi connectivity index (χ4n) is 12.6. The molecule has 102 heavy (non-hydrogen) atoms. The molecule has 10 unspecified atom stereocenters. The lowest BCUT2D eigenvalue weighted by molar-refractivity contribution is -0.147. The molecule has 0 aromatic heterocycles. The van der Waals surface area contributed by atoms with E-state index in [0.29, 0.717) is 19.3 Å². The van der Waals surface area contributed by atoms with Crippen LogP contribution in [0.15, 0.2) is 0 Å². The lowest BCUT2D eigenvalue weighted by Crippen LogP contribution is -2.64. The number of hydrogen-bond acceptors (Lipinski definition) is 17. The van der Waals surface area contributed by atoms with Gasteiger partial charge in [0, 0.05) is 33.0 Å². The number of carbonyl (C=O) groups is 16. The van der Waals surface area contributed by atoms with Gasteiger partial charge in [-0.2, -0.15) is 0 Å². The van der Waals surface area contributed by atoms with E-state index in [4.69, 9.17) is 0 Å². The van der Waals surface area contributed by atoms with Gasteiger partial charge in [-0.05, 0) is 149 Å². The standard InChI is InChI=1S/C69H116N14O19/c1-35(2)31-42(53(89)71-44(33-37(5)6)56(92)79-68(16,17)64(101)83-30-22-25-48(83)59(95)76-51(39(9)10)61(97)98)72-57(93)46-23-20-28-81(46)65(102)69(18,19)80-60(96)50(38(7)8)75-54(90)45(34-84)73-58(94)47-24-21-29-82(47)63(100)67(14,15)78-55(91)43(32-36(3)4)70-52(88)41(26-27-49(86)87)74-62(99)66(12,13)77-40(11)85/h35-39,41-48,50-51,84H,20-34H2,1-19H3,(H,70,88)(H,71,89)(H,72,93)(H,73,94)(H,74,99)(H,75,90)(H,76,95)(H,77,85)(H,78,91)(H,79,92)(H,80,96)(H,86,87)(H,97,98). The topological polar surface area (TPSA) is 476 Å². The van der Waals surface area contributed by atoms with Crippen LogP contribution in [0.2, 0.25) is 0 Å². The molecule has 576 valence electrons. The van der Waals surface area contributed by atoms with Crippen molar-refractivity contribution in [3.05, 3.63) is 0 Å². The zero-order chi connectivity index (χ0) is 78.0. The molecule has 14 N–H and O–H groups in total. The molecule has 0 aromatic rings. The first kappa shape index (κ1) is 87.7. The van der Waals surface area contributed by atoms with Crippen molar-refractivity contribution < 1.29 is 92.0 Å². The summed E-state index contributed by atoms with van der Waals surface area (Å²) in [7, 11) is 0. The van der Waals surface area contributed by atoms with Gasteiger partial charge < -0.3 is 88.5 Å². The Bertz CT molecular complexity index is 3090. The Kier molecular flexibility index (Phi) is 32.3. The second kappa shape index (κ2) is 37.6. The Morgan fingerprint density at radius 1 is 0.392 bits per heavy atom. The Morgan fingerprint density at radius 2 is 0.725 bits per heavy atom. The molecular weight excluding hydrogens is 1330 g/mol. The number of likely N-dealkylation sites (tertiary alicyclic amines) is 3. The molecule has 3 rings (SSSR count). The van der Waals surface area contributed by atoms with Crippen molar-refractivity contribution in [1.82, 2.24) is 73.2 Å². The van der Waals surface area contributed by atoms with Gasteiger partial charge in [0.15, 0.2) is 0 Å². The predicted octanol–water partition coefficient (Wildman–Crippen LogP) is -0.656. The summed E-state index contributed by atoms with van der Waals surface area (Å²) in [6.07, 6.45) is 0.943. The summed E-state index contributed by atoms with van der Waals surface area (Å²) in [5.74, 6) is -14.8. The molecule has 3 heterocycles. The van der Waals surface area contributed by atoms with Crippen LogP contribution < -0.4 is 58.5 Å². The van der Waals surface area contributed by atoms with Crippen molar-refractivity contribution in [2.75, 3.05) is 26.2 Å². The highest BCUT2D eigenvalue weighted by Crippen LogP contribution is 2.27. The maximum absolute atomic E-state index is 14.5. The van der Waals surface area contributed by atoms with Crippen molar-refractivity contribution in [2.45, 2.75) is 285 Å². The van der Waals surface area contributed by atoms with Gasteiger partial charge in [-0.1, -0.05) is 69.2 Å². The first-order chi connectivity index (χ1) is 47.0. The number of nitrogens with one attached hydrogen (secondary N) is 11. The smallest absolute Gasteiger partial charge is 0.326 e. The summed E-state index contributed by atoms with van der Waals surface area (Å²) in [4.78, 5) is 222. The van der Waals surface area contributed by atoms with Gasteiger partial charge in [0.05, 0.1) is 6.61 Å². The lowest BCUT2D eigenvalue weighted by atomic mass is 9.97. The third-order valence-electron chi connectivity index (χ3n) is 18.0. The van der Waals surface area contributed by atoms with Crippen LogP contribution >= 0.6 is 0 Å². The quantitative estimate of drug-likeness (QED) is 0.0367. The third kappa shape index (κ3) is 25.2. The van der Waals surface area contributed by atoms with Crippen LogP contribution in [-0.2, 0) is 76.7 Å². The van der Waals surface area contributed by atoms with E-state index in [1.165, 1.54) is 77.0 Å². The summed E-state index contributed by atoms with van der Waals surface area (Å²) in [5, 5.41) is 58.3. The van der Waals surface area contributed by atoms with E-state index < -0.39 is 202 Å². The number of hydrogen-bond donors (Lipinski definition) is 14. The average molecular weight is 1450 g/mol. The van der Waals surface area contributed by atoms with E-state index >= 15 is 0 Å². The molecule has 33 nitrogen and oxygen atoms in total.